The summed E-state index contributed by atoms with van der Waals surface area (Å²) in [5, 5.41) is 0. The number of carbonyl (C=O) groups is 1. The number of hydrogen-bond donors (Lipinski definition) is 0. The van der Waals surface area contributed by atoms with E-state index in [0.717, 1.165) is 10.2 Å². The topological polar surface area (TPSA) is 34.4 Å². The van der Waals surface area contributed by atoms with Crippen LogP contribution >= 0.6 is 11.3 Å². The van der Waals surface area contributed by atoms with Gasteiger partial charge in [0.2, 0.25) is 5.91 Å². The highest BCUT2D eigenvalue weighted by molar-refractivity contribution is 7.16. The van der Waals surface area contributed by atoms with Crippen molar-refractivity contribution in [3.63, 3.8) is 0 Å². The summed E-state index contributed by atoms with van der Waals surface area (Å²) in [7, 11) is 0. The molecular weight excluding hydrogens is 275 g/mol. The molecule has 0 aliphatic heterocycles. The molecule has 0 fully saturated rings. The van der Waals surface area contributed by atoms with Crippen LogP contribution < -0.4 is 4.80 Å². The molecule has 0 saturated carbocycles. The fourth-order valence-corrected chi connectivity index (χ4v) is 3.02. The zero-order chi connectivity index (χ0) is 14.7. The Morgan fingerprint density at radius 3 is 2.95 bits per heavy atom. The summed E-state index contributed by atoms with van der Waals surface area (Å²) in [5.74, 6) is -0.166. The van der Waals surface area contributed by atoms with Crippen molar-refractivity contribution < 1.29 is 9.18 Å². The monoisotopic (exact) mass is 292 g/mol. The number of hydrogen-bond acceptors (Lipinski definition) is 2. The SMILES string of the molecule is C=CCn1c(=NC(=O)CC(C)C)sc2cc(F)ccc21. The van der Waals surface area contributed by atoms with E-state index in [1.165, 1.54) is 23.5 Å². The van der Waals surface area contributed by atoms with Crippen LogP contribution in [0.1, 0.15) is 20.3 Å². The molecule has 0 N–H and O–H groups in total. The molecule has 0 bridgehead atoms. The standard InChI is InChI=1S/C15H17FN2OS/c1-4-7-18-12-6-5-11(16)9-13(12)20-15(18)17-14(19)8-10(2)3/h4-6,9-10H,1,7-8H2,2-3H3. The van der Waals surface area contributed by atoms with Gasteiger partial charge in [-0.15, -0.1) is 6.58 Å². The number of carbonyl (C=O) groups excluding carboxylic acids is 1. The van der Waals surface area contributed by atoms with E-state index < -0.39 is 0 Å². The van der Waals surface area contributed by atoms with Crippen LogP contribution in [0.2, 0.25) is 0 Å². The van der Waals surface area contributed by atoms with Gasteiger partial charge in [-0.05, 0) is 24.1 Å². The minimum Gasteiger partial charge on any atom is -0.313 e. The first-order valence-corrected chi connectivity index (χ1v) is 7.30. The number of halogens is 1. The van der Waals surface area contributed by atoms with E-state index in [1.54, 1.807) is 12.1 Å². The van der Waals surface area contributed by atoms with E-state index in [2.05, 4.69) is 11.6 Å². The van der Waals surface area contributed by atoms with E-state index in [9.17, 15) is 9.18 Å². The minimum atomic E-state index is -0.287. The third-order valence-corrected chi connectivity index (χ3v) is 3.80. The van der Waals surface area contributed by atoms with Gasteiger partial charge in [-0.2, -0.15) is 4.99 Å². The molecule has 1 amide bonds. The average molecular weight is 292 g/mol. The highest BCUT2D eigenvalue weighted by atomic mass is 32.1. The molecule has 20 heavy (non-hydrogen) atoms. The molecule has 0 radical (unpaired) electrons. The Kier molecular flexibility index (Phi) is 4.49. The van der Waals surface area contributed by atoms with Gasteiger partial charge < -0.3 is 4.57 Å². The van der Waals surface area contributed by atoms with E-state index in [0.29, 0.717) is 17.8 Å². The first kappa shape index (κ1) is 14.7. The summed E-state index contributed by atoms with van der Waals surface area (Å²) in [6.45, 7) is 8.21. The van der Waals surface area contributed by atoms with Crippen LogP contribution in [0.25, 0.3) is 10.2 Å². The highest BCUT2D eigenvalue weighted by Gasteiger charge is 2.08. The molecular formula is C15H17FN2OS. The lowest BCUT2D eigenvalue weighted by Crippen LogP contribution is -2.16. The summed E-state index contributed by atoms with van der Waals surface area (Å²) < 4.78 is 15.9. The van der Waals surface area contributed by atoms with Crippen molar-refractivity contribution in [2.45, 2.75) is 26.8 Å². The Labute approximate surface area is 121 Å². The predicted octanol–water partition coefficient (Wildman–Crippen LogP) is 3.50. The van der Waals surface area contributed by atoms with Crippen LogP contribution in [0.15, 0.2) is 35.8 Å². The highest BCUT2D eigenvalue weighted by Crippen LogP contribution is 2.18. The van der Waals surface area contributed by atoms with Crippen LogP contribution in [0.4, 0.5) is 4.39 Å². The van der Waals surface area contributed by atoms with Crippen LogP contribution in [0.5, 0.6) is 0 Å². The number of amides is 1. The summed E-state index contributed by atoms with van der Waals surface area (Å²) in [6.07, 6.45) is 2.15. The Balaban J connectivity index is 2.56. The number of aromatic nitrogens is 1. The van der Waals surface area contributed by atoms with Crippen molar-refractivity contribution in [3.05, 3.63) is 41.5 Å². The maximum absolute atomic E-state index is 13.3. The van der Waals surface area contributed by atoms with Gasteiger partial charge in [0.25, 0.3) is 0 Å². The summed E-state index contributed by atoms with van der Waals surface area (Å²) in [4.78, 5) is 16.6. The van der Waals surface area contributed by atoms with E-state index in [4.69, 9.17) is 0 Å². The molecule has 3 nitrogen and oxygen atoms in total. The number of allylic oxidation sites excluding steroid dienone is 1. The molecule has 0 aliphatic rings. The van der Waals surface area contributed by atoms with Crippen molar-refractivity contribution in [2.24, 2.45) is 10.9 Å². The van der Waals surface area contributed by atoms with Gasteiger partial charge in [-0.25, -0.2) is 4.39 Å². The largest absolute Gasteiger partial charge is 0.313 e. The molecule has 106 valence electrons. The lowest BCUT2D eigenvalue weighted by Gasteiger charge is -2.01. The van der Waals surface area contributed by atoms with Gasteiger partial charge in [-0.1, -0.05) is 31.3 Å². The van der Waals surface area contributed by atoms with Gasteiger partial charge in [0.1, 0.15) is 5.82 Å². The molecule has 0 aliphatic carbocycles. The van der Waals surface area contributed by atoms with E-state index in [1.807, 2.05) is 18.4 Å². The number of rotatable bonds is 4. The fraction of sp³-hybridized carbons (Fsp3) is 0.333. The molecule has 5 heteroatoms. The van der Waals surface area contributed by atoms with Gasteiger partial charge >= 0.3 is 0 Å². The Hall–Kier alpha value is -1.75. The fourth-order valence-electron chi connectivity index (χ4n) is 1.94. The van der Waals surface area contributed by atoms with Crippen LogP contribution in [0.3, 0.4) is 0 Å². The zero-order valence-electron chi connectivity index (χ0n) is 11.6. The van der Waals surface area contributed by atoms with Gasteiger partial charge in [0.15, 0.2) is 4.80 Å². The predicted molar refractivity (Wildman–Crippen MR) is 80.0 cm³/mol. The second kappa shape index (κ2) is 6.13. The molecule has 1 aromatic carbocycles. The summed E-state index contributed by atoms with van der Waals surface area (Å²) in [5.41, 5.74) is 0.868. The number of benzene rings is 1. The summed E-state index contributed by atoms with van der Waals surface area (Å²) in [6, 6.07) is 4.58. The van der Waals surface area contributed by atoms with Gasteiger partial charge in [0, 0.05) is 13.0 Å². The Morgan fingerprint density at radius 2 is 2.30 bits per heavy atom. The molecule has 2 aromatic rings. The van der Waals surface area contributed by atoms with Crippen LogP contribution in [-0.2, 0) is 11.3 Å². The zero-order valence-corrected chi connectivity index (χ0v) is 12.4. The molecule has 0 saturated heterocycles. The lowest BCUT2D eigenvalue weighted by atomic mass is 10.1. The van der Waals surface area contributed by atoms with Crippen LogP contribution in [-0.4, -0.2) is 10.5 Å². The van der Waals surface area contributed by atoms with Gasteiger partial charge in [0.05, 0.1) is 10.2 Å². The third-order valence-electron chi connectivity index (χ3n) is 2.76. The number of fused-ring (bicyclic) bond motifs is 1. The second-order valence-corrected chi connectivity index (χ2v) is 6.01. The first-order valence-electron chi connectivity index (χ1n) is 6.48. The maximum Gasteiger partial charge on any atom is 0.248 e. The minimum absolute atomic E-state index is 0.148. The quantitative estimate of drug-likeness (QED) is 0.794. The van der Waals surface area contributed by atoms with Crippen molar-refractivity contribution in [3.8, 4) is 0 Å². The van der Waals surface area contributed by atoms with Crippen molar-refractivity contribution in [1.29, 1.82) is 0 Å². The second-order valence-electron chi connectivity index (χ2n) is 5.00. The normalized spacial score (nSPS) is 12.3. The Bertz CT molecular complexity index is 712. The molecule has 1 aromatic heterocycles. The Morgan fingerprint density at radius 1 is 1.55 bits per heavy atom. The first-order chi connectivity index (χ1) is 9.51. The molecule has 0 unspecified atom stereocenters. The van der Waals surface area contributed by atoms with Crippen molar-refractivity contribution in [2.75, 3.05) is 0 Å². The van der Waals surface area contributed by atoms with Crippen LogP contribution in [0, 0.1) is 11.7 Å². The van der Waals surface area contributed by atoms with Crippen molar-refractivity contribution >= 4 is 27.5 Å². The smallest absolute Gasteiger partial charge is 0.248 e. The summed E-state index contributed by atoms with van der Waals surface area (Å²) >= 11 is 1.32. The molecule has 0 atom stereocenters. The number of nitrogens with zero attached hydrogens (tertiary/aromatic N) is 2. The maximum atomic E-state index is 13.3. The molecule has 2 rings (SSSR count). The number of thiazole rings is 1. The van der Waals surface area contributed by atoms with Crippen molar-refractivity contribution in [1.82, 2.24) is 4.57 Å². The molecule has 1 heterocycles. The van der Waals surface area contributed by atoms with Gasteiger partial charge in [-0.3, -0.25) is 4.79 Å². The van der Waals surface area contributed by atoms with E-state index >= 15 is 0 Å². The third kappa shape index (κ3) is 3.22. The molecule has 0 spiro atoms. The lowest BCUT2D eigenvalue weighted by molar-refractivity contribution is -0.118. The average Bonchev–Trinajstić information content (AvgIpc) is 2.66. The van der Waals surface area contributed by atoms with E-state index in [-0.39, 0.29) is 17.6 Å².